The number of carboxylic acids is 1. The van der Waals surface area contributed by atoms with Crippen molar-refractivity contribution >= 4 is 52.9 Å². The van der Waals surface area contributed by atoms with Crippen LogP contribution in [0.5, 0.6) is 0 Å². The Bertz CT molecular complexity index is 1500. The SMILES string of the molecule is O=C(O)CCSC1c2cnccc2C=Cc2ccc(/C=C/c3ccc4cc(F)c(F)cc4n3)cc21. The fourth-order valence-electron chi connectivity index (χ4n) is 4.06. The minimum atomic E-state index is -0.925. The number of carboxylic acid groups (broad SMARTS) is 1. The third kappa shape index (κ3) is 5.00. The van der Waals surface area contributed by atoms with Crippen molar-refractivity contribution in [2.45, 2.75) is 11.7 Å². The van der Waals surface area contributed by atoms with Gasteiger partial charge in [0.25, 0.3) is 0 Å². The van der Waals surface area contributed by atoms with Gasteiger partial charge in [-0.1, -0.05) is 36.4 Å². The standard InChI is InChI=1S/C28H20F2N2O2S/c29-24-14-20-6-8-21(32-26(20)15-25(24)30)7-2-17-1-3-18-4-5-19-9-11-31-16-23(19)28(22(18)13-17)35-12-10-27(33)34/h1-9,11,13-16,28H,10,12H2,(H,33,34)/b7-2+. The summed E-state index contributed by atoms with van der Waals surface area (Å²) in [5.41, 5.74) is 6.20. The Labute approximate surface area is 205 Å². The van der Waals surface area contributed by atoms with Crippen LogP contribution < -0.4 is 0 Å². The van der Waals surface area contributed by atoms with E-state index >= 15 is 0 Å². The van der Waals surface area contributed by atoms with Gasteiger partial charge >= 0.3 is 5.97 Å². The Morgan fingerprint density at radius 3 is 2.60 bits per heavy atom. The molecule has 1 atom stereocenters. The maximum absolute atomic E-state index is 13.6. The van der Waals surface area contributed by atoms with Gasteiger partial charge in [-0.25, -0.2) is 13.8 Å². The van der Waals surface area contributed by atoms with Crippen LogP contribution in [0.3, 0.4) is 0 Å². The minimum absolute atomic E-state index is 0.0620. The first-order valence-electron chi connectivity index (χ1n) is 11.0. The molecule has 0 saturated heterocycles. The summed E-state index contributed by atoms with van der Waals surface area (Å²) in [6.07, 6.45) is 11.6. The summed E-state index contributed by atoms with van der Waals surface area (Å²) in [5.74, 6) is -2.16. The van der Waals surface area contributed by atoms with Crippen molar-refractivity contribution < 1.29 is 18.7 Å². The second-order valence-electron chi connectivity index (χ2n) is 8.15. The highest BCUT2D eigenvalue weighted by Gasteiger charge is 2.22. The highest BCUT2D eigenvalue weighted by atomic mass is 32.2. The Morgan fingerprint density at radius 1 is 0.971 bits per heavy atom. The highest BCUT2D eigenvalue weighted by molar-refractivity contribution is 7.99. The van der Waals surface area contributed by atoms with Gasteiger partial charge in [-0.2, -0.15) is 0 Å². The molecule has 0 bridgehead atoms. The average Bonchev–Trinajstić information content (AvgIpc) is 3.00. The molecule has 1 unspecified atom stereocenters. The van der Waals surface area contributed by atoms with Crippen molar-refractivity contribution in [3.05, 3.63) is 106 Å². The van der Waals surface area contributed by atoms with Crippen LogP contribution in [0, 0.1) is 11.6 Å². The van der Waals surface area contributed by atoms with Crippen molar-refractivity contribution in [1.82, 2.24) is 9.97 Å². The fourth-order valence-corrected chi connectivity index (χ4v) is 5.35. The lowest BCUT2D eigenvalue weighted by molar-refractivity contribution is -0.136. The van der Waals surface area contributed by atoms with Crippen LogP contribution in [0.25, 0.3) is 35.2 Å². The summed E-state index contributed by atoms with van der Waals surface area (Å²) in [7, 11) is 0. The Hall–Kier alpha value is -3.84. The molecule has 0 fully saturated rings. The van der Waals surface area contributed by atoms with Gasteiger partial charge in [0.2, 0.25) is 0 Å². The molecule has 4 nitrogen and oxygen atoms in total. The molecule has 0 amide bonds. The van der Waals surface area contributed by atoms with Gasteiger partial charge in [0.15, 0.2) is 11.6 Å². The number of benzene rings is 2. The number of carbonyl (C=O) groups is 1. The quantitative estimate of drug-likeness (QED) is 0.323. The van der Waals surface area contributed by atoms with E-state index in [0.717, 1.165) is 39.9 Å². The molecule has 174 valence electrons. The normalized spacial score (nSPS) is 14.6. The topological polar surface area (TPSA) is 63.1 Å². The number of nitrogens with zero attached hydrogens (tertiary/aromatic N) is 2. The zero-order valence-electron chi connectivity index (χ0n) is 18.5. The number of rotatable bonds is 6. The van der Waals surface area contributed by atoms with Crippen LogP contribution in [0.2, 0.25) is 0 Å². The predicted molar refractivity (Wildman–Crippen MR) is 137 cm³/mol. The van der Waals surface area contributed by atoms with E-state index < -0.39 is 17.6 Å². The van der Waals surface area contributed by atoms with E-state index in [-0.39, 0.29) is 11.7 Å². The third-order valence-corrected chi connectivity index (χ3v) is 7.09. The lowest BCUT2D eigenvalue weighted by Crippen LogP contribution is -2.04. The molecule has 2 aromatic heterocycles. The fraction of sp³-hybridized carbons (Fsp3) is 0.107. The zero-order chi connectivity index (χ0) is 24.4. The summed E-state index contributed by atoms with van der Waals surface area (Å²) >= 11 is 1.59. The van der Waals surface area contributed by atoms with Gasteiger partial charge in [0, 0.05) is 29.6 Å². The van der Waals surface area contributed by atoms with E-state index in [1.807, 2.05) is 36.5 Å². The Balaban J connectivity index is 1.48. The molecule has 4 aromatic rings. The van der Waals surface area contributed by atoms with Gasteiger partial charge in [-0.15, -0.1) is 11.8 Å². The molecule has 2 heterocycles. The molecule has 1 N–H and O–H groups in total. The van der Waals surface area contributed by atoms with E-state index in [4.69, 9.17) is 5.11 Å². The Morgan fingerprint density at radius 2 is 1.77 bits per heavy atom. The lowest BCUT2D eigenvalue weighted by atomic mass is 9.98. The number of fused-ring (bicyclic) bond motifs is 3. The third-order valence-electron chi connectivity index (χ3n) is 5.81. The van der Waals surface area contributed by atoms with Gasteiger partial charge < -0.3 is 5.11 Å². The summed E-state index contributed by atoms with van der Waals surface area (Å²) in [6.45, 7) is 0. The molecule has 1 aliphatic rings. The molecular formula is C28H20F2N2O2S. The van der Waals surface area contributed by atoms with Crippen molar-refractivity contribution in [1.29, 1.82) is 0 Å². The largest absolute Gasteiger partial charge is 0.481 e. The smallest absolute Gasteiger partial charge is 0.304 e. The number of pyridine rings is 2. The first kappa shape index (κ1) is 22.9. The lowest BCUT2D eigenvalue weighted by Gasteiger charge is -2.20. The van der Waals surface area contributed by atoms with Crippen molar-refractivity contribution in [2.24, 2.45) is 0 Å². The number of aromatic nitrogens is 2. The van der Waals surface area contributed by atoms with Gasteiger partial charge in [-0.3, -0.25) is 9.78 Å². The molecule has 35 heavy (non-hydrogen) atoms. The van der Waals surface area contributed by atoms with Crippen LogP contribution in [0.4, 0.5) is 8.78 Å². The Kier molecular flexibility index (Phi) is 6.42. The summed E-state index contributed by atoms with van der Waals surface area (Å²) in [4.78, 5) is 19.8. The molecule has 0 spiro atoms. The van der Waals surface area contributed by atoms with Gasteiger partial charge in [0.1, 0.15) is 0 Å². The number of halogens is 2. The van der Waals surface area contributed by atoms with Gasteiger partial charge in [0.05, 0.1) is 22.9 Å². The van der Waals surface area contributed by atoms with E-state index in [1.165, 1.54) is 0 Å². The van der Waals surface area contributed by atoms with E-state index in [9.17, 15) is 13.6 Å². The van der Waals surface area contributed by atoms with Crippen molar-refractivity contribution in [2.75, 3.05) is 5.75 Å². The van der Waals surface area contributed by atoms with Crippen LogP contribution in [-0.2, 0) is 4.79 Å². The van der Waals surface area contributed by atoms with E-state index in [1.54, 1.807) is 30.1 Å². The second kappa shape index (κ2) is 9.80. The second-order valence-corrected chi connectivity index (χ2v) is 9.36. The van der Waals surface area contributed by atoms with Crippen LogP contribution >= 0.6 is 11.8 Å². The summed E-state index contributed by atoms with van der Waals surface area (Å²) < 4.78 is 27.1. The minimum Gasteiger partial charge on any atom is -0.481 e. The van der Waals surface area contributed by atoms with Crippen molar-refractivity contribution in [3.8, 4) is 0 Å². The van der Waals surface area contributed by atoms with Gasteiger partial charge in [-0.05, 0) is 58.2 Å². The monoisotopic (exact) mass is 486 g/mol. The number of hydrogen-bond donors (Lipinski definition) is 1. The molecule has 5 rings (SSSR count). The maximum Gasteiger partial charge on any atom is 0.304 e. The molecule has 0 radical (unpaired) electrons. The average molecular weight is 487 g/mol. The van der Waals surface area contributed by atoms with E-state index in [2.05, 4.69) is 28.2 Å². The molecule has 2 aromatic carbocycles. The van der Waals surface area contributed by atoms with Crippen LogP contribution in [0.1, 0.15) is 45.2 Å². The number of hydrogen-bond acceptors (Lipinski definition) is 4. The number of aliphatic carboxylic acids is 1. The number of thioether (sulfide) groups is 1. The molecule has 7 heteroatoms. The molecule has 0 saturated carbocycles. The first-order valence-corrected chi connectivity index (χ1v) is 12.1. The zero-order valence-corrected chi connectivity index (χ0v) is 19.3. The predicted octanol–water partition coefficient (Wildman–Crippen LogP) is 6.86. The van der Waals surface area contributed by atoms with E-state index in [0.29, 0.717) is 22.3 Å². The van der Waals surface area contributed by atoms with Crippen LogP contribution in [-0.4, -0.2) is 26.8 Å². The van der Waals surface area contributed by atoms with Crippen molar-refractivity contribution in [3.63, 3.8) is 0 Å². The summed E-state index contributed by atoms with van der Waals surface area (Å²) in [6, 6.07) is 13.8. The molecule has 0 aliphatic heterocycles. The molecule has 1 aliphatic carbocycles. The molecular weight excluding hydrogens is 466 g/mol. The van der Waals surface area contributed by atoms with Crippen LogP contribution in [0.15, 0.2) is 60.9 Å². The first-order chi connectivity index (χ1) is 17.0. The highest BCUT2D eigenvalue weighted by Crippen LogP contribution is 2.42. The summed E-state index contributed by atoms with van der Waals surface area (Å²) in [5, 5.41) is 9.59. The maximum atomic E-state index is 13.6.